The van der Waals surface area contributed by atoms with E-state index >= 15 is 0 Å². The maximum absolute atomic E-state index is 3.53. The van der Waals surface area contributed by atoms with Crippen LogP contribution in [0.15, 0.2) is 0 Å². The van der Waals surface area contributed by atoms with Crippen LogP contribution in [0.1, 0.15) is 38.5 Å². The third kappa shape index (κ3) is 1.40. The fourth-order valence-corrected chi connectivity index (χ4v) is 3.43. The third-order valence-electron chi connectivity index (χ3n) is 4.21. The molecule has 0 aromatic carbocycles. The lowest BCUT2D eigenvalue weighted by Gasteiger charge is -2.46. The normalized spacial score (nSPS) is 41.5. The molecule has 2 nitrogen and oxygen atoms in total. The first kappa shape index (κ1) is 9.47. The summed E-state index contributed by atoms with van der Waals surface area (Å²) in [5, 5.41) is 3.53. The molecule has 2 heteroatoms. The molecule has 2 atom stereocenters. The van der Waals surface area contributed by atoms with Gasteiger partial charge in [-0.2, -0.15) is 0 Å². The Labute approximate surface area is 81.7 Å². The molecule has 0 aromatic rings. The number of hydrogen-bond acceptors (Lipinski definition) is 2. The zero-order valence-electron chi connectivity index (χ0n) is 8.97. The predicted octanol–water partition coefficient (Wildman–Crippen LogP) is 1.61. The highest BCUT2D eigenvalue weighted by atomic mass is 15.2. The monoisotopic (exact) mass is 182 g/mol. The van der Waals surface area contributed by atoms with Crippen LogP contribution in [-0.2, 0) is 0 Å². The third-order valence-corrected chi connectivity index (χ3v) is 4.21. The zero-order chi connectivity index (χ0) is 9.31. The van der Waals surface area contributed by atoms with Crippen LogP contribution in [0.2, 0.25) is 0 Å². The molecular formula is C11H22N2. The summed E-state index contributed by atoms with van der Waals surface area (Å²) in [7, 11) is 4.44. The van der Waals surface area contributed by atoms with Crippen LogP contribution in [0.4, 0.5) is 0 Å². The highest BCUT2D eigenvalue weighted by Gasteiger charge is 2.45. The molecule has 1 saturated heterocycles. The van der Waals surface area contributed by atoms with Crippen LogP contribution in [0.5, 0.6) is 0 Å². The van der Waals surface area contributed by atoms with Crippen molar-refractivity contribution in [3.8, 4) is 0 Å². The lowest BCUT2D eigenvalue weighted by molar-refractivity contribution is 0.0814. The van der Waals surface area contributed by atoms with Crippen molar-refractivity contribution in [1.82, 2.24) is 10.2 Å². The van der Waals surface area contributed by atoms with Gasteiger partial charge in [-0.25, -0.2) is 0 Å². The molecule has 1 heterocycles. The Morgan fingerprint density at radius 1 is 1.23 bits per heavy atom. The second-order valence-corrected chi connectivity index (χ2v) is 4.72. The van der Waals surface area contributed by atoms with E-state index in [-0.39, 0.29) is 0 Å². The first-order chi connectivity index (χ1) is 6.29. The highest BCUT2D eigenvalue weighted by Crippen LogP contribution is 2.40. The van der Waals surface area contributed by atoms with Crippen molar-refractivity contribution in [1.29, 1.82) is 0 Å². The van der Waals surface area contributed by atoms with Crippen molar-refractivity contribution in [3.63, 3.8) is 0 Å². The highest BCUT2D eigenvalue weighted by molar-refractivity contribution is 5.04. The van der Waals surface area contributed by atoms with Gasteiger partial charge in [0.15, 0.2) is 0 Å². The molecule has 2 unspecified atom stereocenters. The van der Waals surface area contributed by atoms with Crippen LogP contribution in [0.3, 0.4) is 0 Å². The Morgan fingerprint density at radius 3 is 2.62 bits per heavy atom. The molecule has 1 N–H and O–H groups in total. The number of likely N-dealkylation sites (N-methyl/N-ethyl adjacent to an activating group) is 2. The summed E-state index contributed by atoms with van der Waals surface area (Å²) in [5.74, 6) is 0. The van der Waals surface area contributed by atoms with Crippen LogP contribution in [-0.4, -0.2) is 37.1 Å². The summed E-state index contributed by atoms with van der Waals surface area (Å²) < 4.78 is 0. The summed E-state index contributed by atoms with van der Waals surface area (Å²) in [5.41, 5.74) is 0.521. The van der Waals surface area contributed by atoms with Crippen molar-refractivity contribution < 1.29 is 0 Å². The number of nitrogens with zero attached hydrogens (tertiary/aromatic N) is 1. The molecule has 13 heavy (non-hydrogen) atoms. The second-order valence-electron chi connectivity index (χ2n) is 4.72. The number of nitrogens with one attached hydrogen (secondary N) is 1. The fraction of sp³-hybridized carbons (Fsp3) is 1.00. The number of likely N-dealkylation sites (tertiary alicyclic amines) is 1. The molecule has 0 radical (unpaired) electrons. The first-order valence-electron chi connectivity index (χ1n) is 5.68. The lowest BCUT2D eigenvalue weighted by Crippen LogP contribution is -2.57. The smallest absolute Gasteiger partial charge is 0.0359 e. The minimum Gasteiger partial charge on any atom is -0.315 e. The standard InChI is InChI=1S/C11H22N2/c1-12-10-6-3-4-7-11(10)8-5-9-13(11)2/h10,12H,3-9H2,1-2H3. The van der Waals surface area contributed by atoms with Crippen LogP contribution >= 0.6 is 0 Å². The van der Waals surface area contributed by atoms with Gasteiger partial charge in [-0.15, -0.1) is 0 Å². The van der Waals surface area contributed by atoms with Gasteiger partial charge in [-0.05, 0) is 46.3 Å². The predicted molar refractivity (Wildman–Crippen MR) is 55.9 cm³/mol. The zero-order valence-corrected chi connectivity index (χ0v) is 8.97. The molecule has 2 fully saturated rings. The number of hydrogen-bond donors (Lipinski definition) is 1. The van der Waals surface area contributed by atoms with Crippen molar-refractivity contribution in [2.45, 2.75) is 50.1 Å². The fourth-order valence-electron chi connectivity index (χ4n) is 3.43. The first-order valence-corrected chi connectivity index (χ1v) is 5.68. The second kappa shape index (κ2) is 3.58. The Bertz CT molecular complexity index is 181. The Morgan fingerprint density at radius 2 is 2.00 bits per heavy atom. The molecule has 76 valence electrons. The van der Waals surface area contributed by atoms with E-state index < -0.39 is 0 Å². The van der Waals surface area contributed by atoms with Crippen LogP contribution < -0.4 is 5.32 Å². The van der Waals surface area contributed by atoms with Gasteiger partial charge < -0.3 is 5.32 Å². The lowest BCUT2D eigenvalue weighted by atomic mass is 9.76. The molecule has 0 bridgehead atoms. The van der Waals surface area contributed by atoms with E-state index in [1.807, 2.05) is 0 Å². The van der Waals surface area contributed by atoms with Gasteiger partial charge in [0.1, 0.15) is 0 Å². The van der Waals surface area contributed by atoms with Gasteiger partial charge >= 0.3 is 0 Å². The Balaban J connectivity index is 2.15. The molecule has 1 spiro atoms. The van der Waals surface area contributed by atoms with Crippen LogP contribution in [0.25, 0.3) is 0 Å². The van der Waals surface area contributed by atoms with Gasteiger partial charge in [-0.1, -0.05) is 12.8 Å². The Hall–Kier alpha value is -0.0800. The minimum atomic E-state index is 0.521. The molecule has 0 amide bonds. The van der Waals surface area contributed by atoms with E-state index in [0.717, 1.165) is 6.04 Å². The van der Waals surface area contributed by atoms with Gasteiger partial charge in [0.25, 0.3) is 0 Å². The minimum absolute atomic E-state index is 0.521. The maximum Gasteiger partial charge on any atom is 0.0359 e. The van der Waals surface area contributed by atoms with Gasteiger partial charge in [0, 0.05) is 11.6 Å². The molecule has 1 saturated carbocycles. The van der Waals surface area contributed by atoms with Crippen LogP contribution in [0, 0.1) is 0 Å². The summed E-state index contributed by atoms with van der Waals surface area (Å²) in [6.07, 6.45) is 8.45. The molecule has 1 aliphatic carbocycles. The summed E-state index contributed by atoms with van der Waals surface area (Å²) in [6.45, 7) is 1.30. The summed E-state index contributed by atoms with van der Waals surface area (Å²) in [4.78, 5) is 2.60. The van der Waals surface area contributed by atoms with Gasteiger partial charge in [-0.3, -0.25) is 4.90 Å². The van der Waals surface area contributed by atoms with E-state index in [1.54, 1.807) is 0 Å². The van der Waals surface area contributed by atoms with E-state index in [0.29, 0.717) is 5.54 Å². The van der Waals surface area contributed by atoms with Gasteiger partial charge in [0.05, 0.1) is 0 Å². The SMILES string of the molecule is CNC1CCCCC12CCCN2C. The van der Waals surface area contributed by atoms with E-state index in [2.05, 4.69) is 24.3 Å². The topological polar surface area (TPSA) is 15.3 Å². The van der Waals surface area contributed by atoms with Gasteiger partial charge in [0.2, 0.25) is 0 Å². The Kier molecular flexibility index (Phi) is 2.61. The quantitative estimate of drug-likeness (QED) is 0.663. The molecule has 2 rings (SSSR count). The summed E-state index contributed by atoms with van der Waals surface area (Å²) in [6, 6.07) is 0.744. The number of rotatable bonds is 1. The molecule has 2 aliphatic rings. The average Bonchev–Trinajstić information content (AvgIpc) is 2.50. The average molecular weight is 182 g/mol. The maximum atomic E-state index is 3.53. The van der Waals surface area contributed by atoms with E-state index in [4.69, 9.17) is 0 Å². The largest absolute Gasteiger partial charge is 0.315 e. The molecule has 1 aliphatic heterocycles. The molecular weight excluding hydrogens is 160 g/mol. The van der Waals surface area contributed by atoms with E-state index in [1.165, 1.54) is 45.1 Å². The van der Waals surface area contributed by atoms with Crippen molar-refractivity contribution in [3.05, 3.63) is 0 Å². The summed E-state index contributed by atoms with van der Waals surface area (Å²) >= 11 is 0. The van der Waals surface area contributed by atoms with Crippen molar-refractivity contribution in [2.24, 2.45) is 0 Å². The molecule has 0 aromatic heterocycles. The van der Waals surface area contributed by atoms with Crippen molar-refractivity contribution >= 4 is 0 Å². The van der Waals surface area contributed by atoms with E-state index in [9.17, 15) is 0 Å². The van der Waals surface area contributed by atoms with Crippen molar-refractivity contribution in [2.75, 3.05) is 20.6 Å².